The second-order valence-corrected chi connectivity index (χ2v) is 4.92. The normalized spacial score (nSPS) is 11.9. The van der Waals surface area contributed by atoms with Crippen molar-refractivity contribution in [2.45, 2.75) is 19.6 Å². The molecular formula is C17H17ClO3. The van der Waals surface area contributed by atoms with Crippen molar-refractivity contribution in [3.8, 4) is 0 Å². The predicted octanol–water partition coefficient (Wildman–Crippen LogP) is 4.16. The number of benzene rings is 2. The van der Waals surface area contributed by atoms with Crippen LogP contribution in [-0.2, 0) is 20.9 Å². The summed E-state index contributed by atoms with van der Waals surface area (Å²) in [5.74, 6) is -0.377. The number of esters is 1. The van der Waals surface area contributed by atoms with Crippen molar-refractivity contribution < 1.29 is 14.3 Å². The van der Waals surface area contributed by atoms with Crippen molar-refractivity contribution >= 4 is 17.6 Å². The molecule has 0 aliphatic carbocycles. The van der Waals surface area contributed by atoms with Crippen LogP contribution in [0.5, 0.6) is 0 Å². The van der Waals surface area contributed by atoms with Gasteiger partial charge in [-0.25, -0.2) is 4.79 Å². The fraction of sp³-hybridized carbons (Fsp3) is 0.235. The molecule has 4 heteroatoms. The van der Waals surface area contributed by atoms with E-state index >= 15 is 0 Å². The zero-order valence-electron chi connectivity index (χ0n) is 11.8. The Bertz CT molecular complexity index is 566. The van der Waals surface area contributed by atoms with E-state index in [2.05, 4.69) is 0 Å². The van der Waals surface area contributed by atoms with Gasteiger partial charge < -0.3 is 9.47 Å². The summed E-state index contributed by atoms with van der Waals surface area (Å²) in [7, 11) is 0. The van der Waals surface area contributed by atoms with Crippen LogP contribution in [0.4, 0.5) is 0 Å². The standard InChI is InChI=1S/C17H17ClO3/c1-2-20-17(19)16(14-6-4-3-5-7-14)21-12-13-8-10-15(18)11-9-13/h3-11,16H,2,12H2,1H3. The van der Waals surface area contributed by atoms with Gasteiger partial charge in [-0.15, -0.1) is 0 Å². The Hall–Kier alpha value is -1.84. The molecule has 3 nitrogen and oxygen atoms in total. The molecule has 0 saturated heterocycles. The lowest BCUT2D eigenvalue weighted by Gasteiger charge is -2.17. The van der Waals surface area contributed by atoms with Gasteiger partial charge in [-0.05, 0) is 30.2 Å². The third-order valence-corrected chi connectivity index (χ3v) is 3.18. The molecule has 0 saturated carbocycles. The highest BCUT2D eigenvalue weighted by molar-refractivity contribution is 6.30. The molecular weight excluding hydrogens is 288 g/mol. The first-order valence-corrected chi connectivity index (χ1v) is 7.16. The van der Waals surface area contributed by atoms with E-state index in [-0.39, 0.29) is 5.97 Å². The largest absolute Gasteiger partial charge is 0.464 e. The summed E-state index contributed by atoms with van der Waals surface area (Å²) in [6.07, 6.45) is -0.721. The minimum atomic E-state index is -0.721. The minimum absolute atomic E-state index is 0.315. The molecule has 0 fully saturated rings. The van der Waals surface area contributed by atoms with Gasteiger partial charge in [0.15, 0.2) is 6.10 Å². The molecule has 1 unspecified atom stereocenters. The third-order valence-electron chi connectivity index (χ3n) is 2.93. The molecule has 0 bridgehead atoms. The Morgan fingerprint density at radius 1 is 1.10 bits per heavy atom. The quantitative estimate of drug-likeness (QED) is 0.752. The Labute approximate surface area is 129 Å². The molecule has 1 atom stereocenters. The van der Waals surface area contributed by atoms with E-state index in [0.717, 1.165) is 11.1 Å². The number of ether oxygens (including phenoxy) is 2. The number of carbonyl (C=O) groups excluding carboxylic acids is 1. The van der Waals surface area contributed by atoms with Gasteiger partial charge in [-0.3, -0.25) is 0 Å². The molecule has 0 heterocycles. The smallest absolute Gasteiger partial charge is 0.339 e. The summed E-state index contributed by atoms with van der Waals surface area (Å²) < 4.78 is 10.8. The van der Waals surface area contributed by atoms with Crippen LogP contribution in [0.3, 0.4) is 0 Å². The van der Waals surface area contributed by atoms with Gasteiger partial charge in [0.1, 0.15) is 0 Å². The third kappa shape index (κ3) is 4.59. The van der Waals surface area contributed by atoms with Crippen molar-refractivity contribution in [3.63, 3.8) is 0 Å². The number of hydrogen-bond acceptors (Lipinski definition) is 3. The molecule has 2 rings (SSSR count). The van der Waals surface area contributed by atoms with E-state index in [0.29, 0.717) is 18.2 Å². The first-order chi connectivity index (χ1) is 10.2. The first kappa shape index (κ1) is 15.5. The topological polar surface area (TPSA) is 35.5 Å². The molecule has 21 heavy (non-hydrogen) atoms. The molecule has 0 aromatic heterocycles. The van der Waals surface area contributed by atoms with E-state index < -0.39 is 6.10 Å². The maximum atomic E-state index is 12.1. The van der Waals surface area contributed by atoms with E-state index in [1.54, 1.807) is 19.1 Å². The van der Waals surface area contributed by atoms with E-state index in [1.165, 1.54) is 0 Å². The fourth-order valence-electron chi connectivity index (χ4n) is 1.91. The van der Waals surface area contributed by atoms with Crippen LogP contribution in [0.15, 0.2) is 54.6 Å². The number of carbonyl (C=O) groups is 1. The van der Waals surface area contributed by atoms with Crippen molar-refractivity contribution in [2.75, 3.05) is 6.61 Å². The second-order valence-electron chi connectivity index (χ2n) is 4.48. The van der Waals surface area contributed by atoms with Crippen LogP contribution >= 0.6 is 11.6 Å². The lowest BCUT2D eigenvalue weighted by atomic mass is 10.1. The Morgan fingerprint density at radius 2 is 1.76 bits per heavy atom. The van der Waals surface area contributed by atoms with Gasteiger partial charge in [0.2, 0.25) is 0 Å². The second kappa shape index (κ2) is 7.81. The molecule has 0 radical (unpaired) electrons. The van der Waals surface area contributed by atoms with Gasteiger partial charge in [0.05, 0.1) is 13.2 Å². The summed E-state index contributed by atoms with van der Waals surface area (Å²) in [4.78, 5) is 12.1. The molecule has 0 aliphatic heterocycles. The number of halogens is 1. The van der Waals surface area contributed by atoms with Crippen LogP contribution < -0.4 is 0 Å². The highest BCUT2D eigenvalue weighted by atomic mass is 35.5. The maximum absolute atomic E-state index is 12.1. The molecule has 0 N–H and O–H groups in total. The molecule has 110 valence electrons. The number of hydrogen-bond donors (Lipinski definition) is 0. The van der Waals surface area contributed by atoms with Crippen LogP contribution in [0, 0.1) is 0 Å². The molecule has 0 spiro atoms. The molecule has 2 aromatic rings. The van der Waals surface area contributed by atoms with Crippen molar-refractivity contribution in [1.82, 2.24) is 0 Å². The molecule has 0 amide bonds. The summed E-state index contributed by atoms with van der Waals surface area (Å²) in [5, 5.41) is 0.670. The van der Waals surface area contributed by atoms with E-state index in [1.807, 2.05) is 42.5 Å². The molecule has 0 aliphatic rings. The average Bonchev–Trinajstić information content (AvgIpc) is 2.51. The number of rotatable bonds is 6. The van der Waals surface area contributed by atoms with Crippen LogP contribution in [0.25, 0.3) is 0 Å². The minimum Gasteiger partial charge on any atom is -0.464 e. The summed E-state index contributed by atoms with van der Waals surface area (Å²) in [6, 6.07) is 16.7. The van der Waals surface area contributed by atoms with Gasteiger partial charge in [-0.1, -0.05) is 54.1 Å². The average molecular weight is 305 g/mol. The zero-order valence-corrected chi connectivity index (χ0v) is 12.5. The van der Waals surface area contributed by atoms with Crippen LogP contribution in [0.1, 0.15) is 24.2 Å². The van der Waals surface area contributed by atoms with E-state index in [4.69, 9.17) is 21.1 Å². The Kier molecular flexibility index (Phi) is 5.78. The SMILES string of the molecule is CCOC(=O)C(OCc1ccc(Cl)cc1)c1ccccc1. The summed E-state index contributed by atoms with van der Waals surface area (Å²) >= 11 is 5.85. The Morgan fingerprint density at radius 3 is 2.38 bits per heavy atom. The summed E-state index contributed by atoms with van der Waals surface area (Å²) in [6.45, 7) is 2.42. The monoisotopic (exact) mass is 304 g/mol. The van der Waals surface area contributed by atoms with Crippen molar-refractivity contribution in [3.05, 3.63) is 70.7 Å². The van der Waals surface area contributed by atoms with Crippen LogP contribution in [0.2, 0.25) is 5.02 Å². The van der Waals surface area contributed by atoms with E-state index in [9.17, 15) is 4.79 Å². The highest BCUT2D eigenvalue weighted by Crippen LogP contribution is 2.21. The van der Waals surface area contributed by atoms with Gasteiger partial charge in [0, 0.05) is 5.02 Å². The Balaban J connectivity index is 2.09. The van der Waals surface area contributed by atoms with Gasteiger partial charge in [0.25, 0.3) is 0 Å². The van der Waals surface area contributed by atoms with Crippen molar-refractivity contribution in [2.24, 2.45) is 0 Å². The predicted molar refractivity (Wildman–Crippen MR) is 82.1 cm³/mol. The van der Waals surface area contributed by atoms with Crippen molar-refractivity contribution in [1.29, 1.82) is 0 Å². The van der Waals surface area contributed by atoms with Gasteiger partial charge in [-0.2, -0.15) is 0 Å². The fourth-order valence-corrected chi connectivity index (χ4v) is 2.03. The zero-order chi connectivity index (χ0) is 15.1. The molecule has 2 aromatic carbocycles. The highest BCUT2D eigenvalue weighted by Gasteiger charge is 2.22. The lowest BCUT2D eigenvalue weighted by Crippen LogP contribution is -2.19. The van der Waals surface area contributed by atoms with Gasteiger partial charge >= 0.3 is 5.97 Å². The summed E-state index contributed by atoms with van der Waals surface area (Å²) in [5.41, 5.74) is 1.73. The maximum Gasteiger partial charge on any atom is 0.339 e. The van der Waals surface area contributed by atoms with Crippen LogP contribution in [-0.4, -0.2) is 12.6 Å². The lowest BCUT2D eigenvalue weighted by molar-refractivity contribution is -0.158. The first-order valence-electron chi connectivity index (χ1n) is 6.78.